The number of hydrogen-bond donors (Lipinski definition) is 0. The molecule has 88 valence electrons. The second kappa shape index (κ2) is 4.19. The molecular weight excluding hydrogens is 236 g/mol. The molecule has 15 heavy (non-hydrogen) atoms. The molecule has 0 nitrogen and oxygen atoms in total. The summed E-state index contributed by atoms with van der Waals surface area (Å²) in [5, 5.41) is 0. The normalized spacial score (nSPS) is 17.1. The van der Waals surface area contributed by atoms with Gasteiger partial charge in [0.2, 0.25) is 12.0 Å². The van der Waals surface area contributed by atoms with Crippen LogP contribution in [0.4, 0.5) is 35.1 Å². The van der Waals surface area contributed by atoms with Gasteiger partial charge in [0.25, 0.3) is 0 Å². The molecular formula is C7H4F8. The highest BCUT2D eigenvalue weighted by Crippen LogP contribution is 2.36. The fourth-order valence-corrected chi connectivity index (χ4v) is 0.644. The predicted octanol–water partition coefficient (Wildman–Crippen LogP) is 3.86. The molecule has 0 aliphatic heterocycles. The summed E-state index contributed by atoms with van der Waals surface area (Å²) in [5.74, 6) is -3.14. The average Bonchev–Trinajstić information content (AvgIpc) is 2.01. The SMILES string of the molecule is C=CC(=C(F)C(F)(F)F)C(F)C(F)(F)F. The number of rotatable bonds is 2. The lowest BCUT2D eigenvalue weighted by Crippen LogP contribution is -2.28. The molecule has 1 atom stereocenters. The Morgan fingerprint density at radius 2 is 1.47 bits per heavy atom. The summed E-state index contributed by atoms with van der Waals surface area (Å²) < 4.78 is 94.5. The second-order valence-corrected chi connectivity index (χ2v) is 2.38. The molecule has 0 saturated carbocycles. The summed E-state index contributed by atoms with van der Waals surface area (Å²) in [6.07, 6.45) is -15.5. The first-order valence-corrected chi connectivity index (χ1v) is 3.32. The third-order valence-electron chi connectivity index (χ3n) is 1.28. The molecule has 8 heteroatoms. The molecule has 0 N–H and O–H groups in total. The van der Waals surface area contributed by atoms with Gasteiger partial charge in [0.15, 0.2) is 0 Å². The van der Waals surface area contributed by atoms with Gasteiger partial charge in [-0.25, -0.2) is 8.78 Å². The van der Waals surface area contributed by atoms with Gasteiger partial charge in [-0.05, 0) is 0 Å². The van der Waals surface area contributed by atoms with Crippen molar-refractivity contribution < 1.29 is 35.1 Å². The maximum atomic E-state index is 12.4. The van der Waals surface area contributed by atoms with E-state index in [0.29, 0.717) is 0 Å². The van der Waals surface area contributed by atoms with Crippen LogP contribution in [0.2, 0.25) is 0 Å². The van der Waals surface area contributed by atoms with Gasteiger partial charge in [0.05, 0.1) is 0 Å². The van der Waals surface area contributed by atoms with E-state index >= 15 is 0 Å². The average molecular weight is 240 g/mol. The Hall–Kier alpha value is -1.08. The first-order chi connectivity index (χ1) is 6.51. The van der Waals surface area contributed by atoms with Gasteiger partial charge in [-0.15, -0.1) is 0 Å². The van der Waals surface area contributed by atoms with Crippen LogP contribution >= 0.6 is 0 Å². The van der Waals surface area contributed by atoms with Gasteiger partial charge in [0, 0.05) is 5.57 Å². The molecule has 0 radical (unpaired) electrons. The summed E-state index contributed by atoms with van der Waals surface area (Å²) in [4.78, 5) is 0. The van der Waals surface area contributed by atoms with Gasteiger partial charge in [-0.1, -0.05) is 12.7 Å². The maximum Gasteiger partial charge on any atom is 0.443 e. The van der Waals surface area contributed by atoms with Crippen LogP contribution in [0.1, 0.15) is 0 Å². The van der Waals surface area contributed by atoms with E-state index in [-0.39, 0.29) is 6.08 Å². The smallest absolute Gasteiger partial charge is 0.232 e. The van der Waals surface area contributed by atoms with Crippen LogP contribution < -0.4 is 0 Å². The summed E-state index contributed by atoms with van der Waals surface area (Å²) in [7, 11) is 0. The van der Waals surface area contributed by atoms with Gasteiger partial charge < -0.3 is 0 Å². The van der Waals surface area contributed by atoms with Gasteiger partial charge in [0.1, 0.15) is 0 Å². The van der Waals surface area contributed by atoms with Crippen molar-refractivity contribution in [3.63, 3.8) is 0 Å². The van der Waals surface area contributed by atoms with Crippen molar-refractivity contribution in [2.75, 3.05) is 0 Å². The summed E-state index contributed by atoms with van der Waals surface area (Å²) >= 11 is 0. The summed E-state index contributed by atoms with van der Waals surface area (Å²) in [6, 6.07) is 0. The minimum atomic E-state index is -5.67. The predicted molar refractivity (Wildman–Crippen MR) is 35.3 cm³/mol. The molecule has 0 aromatic carbocycles. The first-order valence-electron chi connectivity index (χ1n) is 3.32. The van der Waals surface area contributed by atoms with E-state index in [9.17, 15) is 35.1 Å². The lowest BCUT2D eigenvalue weighted by Gasteiger charge is -2.15. The van der Waals surface area contributed by atoms with Crippen LogP contribution in [-0.4, -0.2) is 18.5 Å². The van der Waals surface area contributed by atoms with Crippen LogP contribution in [0.15, 0.2) is 24.1 Å². The molecule has 0 amide bonds. The lowest BCUT2D eigenvalue weighted by molar-refractivity contribution is -0.171. The number of hydrogen-bond acceptors (Lipinski definition) is 0. The molecule has 0 aliphatic carbocycles. The number of halogens is 8. The van der Waals surface area contributed by atoms with Crippen LogP contribution in [0, 0.1) is 0 Å². The van der Waals surface area contributed by atoms with Crippen molar-refractivity contribution in [2.45, 2.75) is 18.5 Å². The van der Waals surface area contributed by atoms with Gasteiger partial charge in [-0.2, -0.15) is 26.3 Å². The fraction of sp³-hybridized carbons (Fsp3) is 0.429. The van der Waals surface area contributed by atoms with E-state index in [1.807, 2.05) is 0 Å². The van der Waals surface area contributed by atoms with E-state index < -0.39 is 29.9 Å². The zero-order valence-corrected chi connectivity index (χ0v) is 6.89. The Kier molecular flexibility index (Phi) is 3.89. The minimum Gasteiger partial charge on any atom is -0.232 e. The van der Waals surface area contributed by atoms with E-state index in [4.69, 9.17) is 0 Å². The van der Waals surface area contributed by atoms with Crippen molar-refractivity contribution in [3.05, 3.63) is 24.1 Å². The monoisotopic (exact) mass is 240 g/mol. The Morgan fingerprint density at radius 1 is 1.07 bits per heavy atom. The Morgan fingerprint density at radius 3 is 1.67 bits per heavy atom. The van der Waals surface area contributed by atoms with Gasteiger partial charge >= 0.3 is 12.4 Å². The van der Waals surface area contributed by atoms with Crippen LogP contribution in [0.3, 0.4) is 0 Å². The quantitative estimate of drug-likeness (QED) is 0.507. The molecule has 0 aromatic heterocycles. The standard InChI is InChI=1S/C7H4F8/c1-2-3(4(8)6(10,11)12)5(9)7(13,14)15/h2,4H,1H2. The second-order valence-electron chi connectivity index (χ2n) is 2.38. The highest BCUT2D eigenvalue weighted by Gasteiger charge is 2.47. The van der Waals surface area contributed by atoms with Crippen molar-refractivity contribution in [2.24, 2.45) is 0 Å². The van der Waals surface area contributed by atoms with E-state index in [1.165, 1.54) is 0 Å². The van der Waals surface area contributed by atoms with Gasteiger partial charge in [-0.3, -0.25) is 0 Å². The molecule has 0 aromatic rings. The van der Waals surface area contributed by atoms with Crippen LogP contribution in [0.5, 0.6) is 0 Å². The van der Waals surface area contributed by atoms with Crippen molar-refractivity contribution in [1.82, 2.24) is 0 Å². The highest BCUT2D eigenvalue weighted by molar-refractivity contribution is 5.28. The minimum absolute atomic E-state index is 0.152. The highest BCUT2D eigenvalue weighted by atomic mass is 19.4. The number of alkyl halides is 7. The van der Waals surface area contributed by atoms with Crippen molar-refractivity contribution >= 4 is 0 Å². The maximum absolute atomic E-state index is 12.4. The van der Waals surface area contributed by atoms with Crippen LogP contribution in [-0.2, 0) is 0 Å². The van der Waals surface area contributed by atoms with E-state index in [1.54, 1.807) is 0 Å². The topological polar surface area (TPSA) is 0 Å². The summed E-state index contributed by atoms with van der Waals surface area (Å²) in [6.45, 7) is 2.49. The third-order valence-corrected chi connectivity index (χ3v) is 1.28. The zero-order chi connectivity index (χ0) is 12.4. The fourth-order valence-electron chi connectivity index (χ4n) is 0.644. The third kappa shape index (κ3) is 3.52. The Balaban J connectivity index is 5.34. The molecule has 1 unspecified atom stereocenters. The first kappa shape index (κ1) is 13.9. The van der Waals surface area contributed by atoms with Crippen molar-refractivity contribution in [3.8, 4) is 0 Å². The Bertz CT molecular complexity index is 268. The molecule has 0 saturated heterocycles. The molecule has 0 aliphatic rings. The Labute approximate surface area is 78.9 Å². The lowest BCUT2D eigenvalue weighted by atomic mass is 10.1. The van der Waals surface area contributed by atoms with Crippen LogP contribution in [0.25, 0.3) is 0 Å². The molecule has 0 bridgehead atoms. The van der Waals surface area contributed by atoms with Crippen molar-refractivity contribution in [1.29, 1.82) is 0 Å². The largest absolute Gasteiger partial charge is 0.443 e. The molecule has 0 heterocycles. The van der Waals surface area contributed by atoms with E-state index in [0.717, 1.165) is 0 Å². The van der Waals surface area contributed by atoms with E-state index in [2.05, 4.69) is 6.58 Å². The molecule has 0 spiro atoms. The molecule has 0 rings (SSSR count). The number of allylic oxidation sites excluding steroid dienone is 3. The molecule has 0 fully saturated rings. The zero-order valence-electron chi connectivity index (χ0n) is 6.89. The summed E-state index contributed by atoms with van der Waals surface area (Å²) in [5.41, 5.74) is -2.17.